The van der Waals surface area contributed by atoms with Gasteiger partial charge in [0.1, 0.15) is 11.6 Å². The molecule has 1 N–H and O–H groups in total. The molecule has 1 aliphatic rings. The van der Waals surface area contributed by atoms with Gasteiger partial charge in [0.2, 0.25) is 5.50 Å². The first-order valence-corrected chi connectivity index (χ1v) is 10.2. The van der Waals surface area contributed by atoms with Gasteiger partial charge < -0.3 is 4.90 Å². The van der Waals surface area contributed by atoms with Gasteiger partial charge in [0.25, 0.3) is 5.91 Å². The topological polar surface area (TPSA) is 115 Å². The third-order valence-electron chi connectivity index (χ3n) is 4.67. The van der Waals surface area contributed by atoms with Crippen LogP contribution in [0.1, 0.15) is 25.1 Å². The Kier molecular flexibility index (Phi) is 5.03. The molecular formula is C18H16ClFN4O4S. The quantitative estimate of drug-likeness (QED) is 0.732. The molecule has 1 amide bonds. The first-order valence-electron chi connectivity index (χ1n) is 8.31. The van der Waals surface area contributed by atoms with E-state index in [1.807, 2.05) is 0 Å². The van der Waals surface area contributed by atoms with Gasteiger partial charge in [-0.15, -0.1) is 0 Å². The fourth-order valence-electron chi connectivity index (χ4n) is 3.25. The molecular weight excluding hydrogens is 423 g/mol. The van der Waals surface area contributed by atoms with Crippen molar-refractivity contribution in [1.29, 1.82) is 5.26 Å². The fraction of sp³-hybridized carbons (Fsp3) is 0.278. The highest BCUT2D eigenvalue weighted by Crippen LogP contribution is 2.42. The summed E-state index contributed by atoms with van der Waals surface area (Å²) in [6.45, 7) is 4.61. The molecule has 11 heteroatoms. The Balaban J connectivity index is 2.28. The summed E-state index contributed by atoms with van der Waals surface area (Å²) in [6.07, 6.45) is 1.36. The molecule has 0 saturated carbocycles. The van der Waals surface area contributed by atoms with Crippen LogP contribution in [0.5, 0.6) is 0 Å². The van der Waals surface area contributed by atoms with E-state index in [0.29, 0.717) is 10.6 Å². The van der Waals surface area contributed by atoms with Gasteiger partial charge in [0, 0.05) is 5.69 Å². The predicted octanol–water partition coefficient (Wildman–Crippen LogP) is 2.86. The number of carbonyl (C=O) groups is 1. The molecule has 0 aliphatic carbocycles. The van der Waals surface area contributed by atoms with Crippen LogP contribution >= 0.6 is 11.6 Å². The number of aryl methyl sites for hydroxylation is 1. The van der Waals surface area contributed by atoms with Crippen molar-refractivity contribution in [3.05, 3.63) is 52.6 Å². The molecule has 0 bridgehead atoms. The molecule has 2 heterocycles. The van der Waals surface area contributed by atoms with Gasteiger partial charge in [-0.05, 0) is 45.0 Å². The third-order valence-corrected chi connectivity index (χ3v) is 5.99. The second-order valence-electron chi connectivity index (χ2n) is 6.98. The van der Waals surface area contributed by atoms with E-state index >= 15 is 0 Å². The third kappa shape index (κ3) is 3.31. The summed E-state index contributed by atoms with van der Waals surface area (Å²) in [5, 5.41) is 8.44. The van der Waals surface area contributed by atoms with Crippen LogP contribution in [0.2, 0.25) is 5.02 Å². The maximum Gasteiger partial charge on any atom is 0.306 e. The van der Waals surface area contributed by atoms with Gasteiger partial charge in [0.05, 0.1) is 28.2 Å². The Hall–Kier alpha value is -2.74. The highest BCUT2D eigenvalue weighted by Gasteiger charge is 2.58. The van der Waals surface area contributed by atoms with Crippen LogP contribution in [-0.2, 0) is 14.9 Å². The number of amides is 1. The fourth-order valence-corrected chi connectivity index (χ4v) is 4.58. The van der Waals surface area contributed by atoms with Crippen molar-refractivity contribution in [3.8, 4) is 6.07 Å². The largest absolute Gasteiger partial charge is 0.320 e. The highest BCUT2D eigenvalue weighted by atomic mass is 35.5. The molecule has 3 rings (SSSR count). The molecule has 2 aromatic rings. The lowest BCUT2D eigenvalue weighted by molar-refractivity contribution is -0.120. The van der Waals surface area contributed by atoms with E-state index in [1.54, 1.807) is 25.1 Å². The number of pyridine rings is 1. The molecule has 0 radical (unpaired) electrons. The molecule has 152 valence electrons. The average molecular weight is 439 g/mol. The van der Waals surface area contributed by atoms with E-state index in [1.165, 1.54) is 20.0 Å². The van der Waals surface area contributed by atoms with Crippen LogP contribution in [0.4, 0.5) is 15.8 Å². The van der Waals surface area contributed by atoms with Crippen molar-refractivity contribution < 1.29 is 22.2 Å². The number of nitriles is 1. The maximum absolute atomic E-state index is 14.9. The number of aromatic nitrogens is 1. The van der Waals surface area contributed by atoms with E-state index in [2.05, 4.69) is 4.98 Å². The minimum absolute atomic E-state index is 0.179. The van der Waals surface area contributed by atoms with Crippen molar-refractivity contribution in [2.24, 2.45) is 0 Å². The number of carbonyl (C=O) groups excluding carboxylic acids is 1. The second-order valence-corrected chi connectivity index (χ2v) is 8.80. The Morgan fingerprint density at radius 3 is 2.48 bits per heavy atom. The van der Waals surface area contributed by atoms with Crippen LogP contribution < -0.4 is 9.80 Å². The number of halogens is 2. The first-order chi connectivity index (χ1) is 13.4. The number of rotatable bonds is 3. The summed E-state index contributed by atoms with van der Waals surface area (Å²) < 4.78 is 49.5. The second kappa shape index (κ2) is 6.95. The number of hydrogen-bond donors (Lipinski definition) is 1. The predicted molar refractivity (Wildman–Crippen MR) is 104 cm³/mol. The first kappa shape index (κ1) is 21.0. The van der Waals surface area contributed by atoms with Crippen molar-refractivity contribution in [2.75, 3.05) is 9.80 Å². The van der Waals surface area contributed by atoms with E-state index in [4.69, 9.17) is 16.9 Å². The van der Waals surface area contributed by atoms with Crippen LogP contribution in [0, 0.1) is 24.1 Å². The van der Waals surface area contributed by atoms with E-state index < -0.39 is 43.6 Å². The zero-order valence-electron chi connectivity index (χ0n) is 15.6. The minimum Gasteiger partial charge on any atom is -0.320 e. The lowest BCUT2D eigenvalue weighted by Crippen LogP contribution is -2.49. The maximum atomic E-state index is 14.9. The Labute approximate surface area is 171 Å². The minimum atomic E-state index is -4.93. The van der Waals surface area contributed by atoms with Crippen molar-refractivity contribution in [3.63, 3.8) is 0 Å². The summed E-state index contributed by atoms with van der Waals surface area (Å²) in [6, 6.07) is 7.09. The summed E-state index contributed by atoms with van der Waals surface area (Å²) >= 11 is 5.86. The van der Waals surface area contributed by atoms with Crippen molar-refractivity contribution in [1.82, 2.24) is 4.98 Å². The van der Waals surface area contributed by atoms with Gasteiger partial charge in [-0.2, -0.15) is 13.7 Å². The van der Waals surface area contributed by atoms with Gasteiger partial charge in [0.15, 0.2) is 5.82 Å². The van der Waals surface area contributed by atoms with E-state index in [9.17, 15) is 22.2 Å². The molecule has 1 aromatic carbocycles. The summed E-state index contributed by atoms with van der Waals surface area (Å²) in [5.74, 6) is -1.94. The number of nitrogens with zero attached hydrogens (tertiary/aromatic N) is 4. The molecule has 1 aliphatic heterocycles. The van der Waals surface area contributed by atoms with E-state index in [0.717, 1.165) is 17.0 Å². The molecule has 8 nitrogen and oxygen atoms in total. The average Bonchev–Trinajstić information content (AvgIpc) is 2.85. The van der Waals surface area contributed by atoms with Crippen LogP contribution in [0.15, 0.2) is 30.5 Å². The van der Waals surface area contributed by atoms with Crippen molar-refractivity contribution in [2.45, 2.75) is 31.8 Å². The molecule has 1 unspecified atom stereocenters. The van der Waals surface area contributed by atoms with Gasteiger partial charge in [-0.3, -0.25) is 19.2 Å². The summed E-state index contributed by atoms with van der Waals surface area (Å²) in [4.78, 5) is 19.0. The van der Waals surface area contributed by atoms with E-state index in [-0.39, 0.29) is 11.3 Å². The number of benzene rings is 1. The van der Waals surface area contributed by atoms with Gasteiger partial charge >= 0.3 is 10.1 Å². The van der Waals surface area contributed by atoms with Crippen molar-refractivity contribution >= 4 is 39.0 Å². The number of anilines is 2. The summed E-state index contributed by atoms with van der Waals surface area (Å²) in [7, 11) is -4.93. The Morgan fingerprint density at radius 2 is 1.97 bits per heavy atom. The zero-order valence-corrected chi connectivity index (χ0v) is 17.2. The van der Waals surface area contributed by atoms with Crippen LogP contribution in [0.3, 0.4) is 0 Å². The Morgan fingerprint density at radius 1 is 1.31 bits per heavy atom. The SMILES string of the molecule is Cc1ccc(N2C(S(=O)(=O)O)N(c3ccc(C#N)c(Cl)c3F)C(=O)C2(C)C)cn1. The number of hydrogen-bond acceptors (Lipinski definition) is 6. The lowest BCUT2D eigenvalue weighted by Gasteiger charge is -2.33. The van der Waals surface area contributed by atoms with Gasteiger partial charge in [-0.25, -0.2) is 4.39 Å². The van der Waals surface area contributed by atoms with Crippen LogP contribution in [0.25, 0.3) is 0 Å². The molecule has 1 aromatic heterocycles. The highest BCUT2D eigenvalue weighted by molar-refractivity contribution is 7.86. The smallest absolute Gasteiger partial charge is 0.306 e. The van der Waals surface area contributed by atoms with Crippen LogP contribution in [-0.4, -0.2) is 34.9 Å². The molecule has 1 atom stereocenters. The lowest BCUT2D eigenvalue weighted by atomic mass is 10.0. The normalized spacial score (nSPS) is 18.8. The molecule has 1 fully saturated rings. The monoisotopic (exact) mass is 438 g/mol. The zero-order chi connectivity index (χ0) is 21.7. The van der Waals surface area contributed by atoms with Gasteiger partial charge in [-0.1, -0.05) is 11.6 Å². The standard InChI is InChI=1S/C18H16ClFN4O4S/c1-10-4-6-12(9-22-10)24-17(29(26,27)28)23(16(25)18(24,2)3)13-7-5-11(8-21)14(19)15(13)20/h4-7,9,17H,1-3H3,(H,26,27,28). The molecule has 1 saturated heterocycles. The Bertz CT molecular complexity index is 1150. The molecule has 29 heavy (non-hydrogen) atoms. The molecule has 0 spiro atoms. The summed E-state index contributed by atoms with van der Waals surface area (Å²) in [5.41, 5.74) is -3.21.